The minimum Gasteiger partial charge on any atom is -0.493 e. The SMILES string of the molecule is COc1cc(CCN2CCN(C)CC2)cc(OC)c1OC.Cl.Cl. The first-order valence-electron chi connectivity index (χ1n) is 7.37. The van der Waals surface area contributed by atoms with E-state index in [1.165, 1.54) is 5.56 Å². The lowest BCUT2D eigenvalue weighted by molar-refractivity contribution is 0.155. The molecule has 134 valence electrons. The van der Waals surface area contributed by atoms with E-state index in [-0.39, 0.29) is 24.8 Å². The third-order valence-corrected chi connectivity index (χ3v) is 4.04. The summed E-state index contributed by atoms with van der Waals surface area (Å²) in [6, 6.07) is 4.08. The largest absolute Gasteiger partial charge is 0.493 e. The van der Waals surface area contributed by atoms with Crippen LogP contribution in [0.25, 0.3) is 0 Å². The zero-order valence-electron chi connectivity index (χ0n) is 14.3. The van der Waals surface area contributed by atoms with Crippen LogP contribution in [0.15, 0.2) is 12.1 Å². The lowest BCUT2D eigenvalue weighted by Gasteiger charge is -2.32. The first kappa shape index (κ1) is 22.1. The summed E-state index contributed by atoms with van der Waals surface area (Å²) in [5, 5.41) is 0. The first-order chi connectivity index (χ1) is 10.2. The highest BCUT2D eigenvalue weighted by Gasteiger charge is 2.16. The summed E-state index contributed by atoms with van der Waals surface area (Å²) in [6.45, 7) is 5.64. The molecule has 0 spiro atoms. The Morgan fingerprint density at radius 2 is 1.39 bits per heavy atom. The smallest absolute Gasteiger partial charge is 0.203 e. The maximum Gasteiger partial charge on any atom is 0.203 e. The number of methoxy groups -OCH3 is 3. The number of piperazine rings is 1. The number of hydrogen-bond donors (Lipinski definition) is 0. The molecule has 0 aliphatic carbocycles. The predicted molar refractivity (Wildman–Crippen MR) is 98.2 cm³/mol. The minimum atomic E-state index is 0. The van der Waals surface area contributed by atoms with Crippen molar-refractivity contribution in [1.29, 1.82) is 0 Å². The van der Waals surface area contributed by atoms with E-state index in [0.29, 0.717) is 5.75 Å². The van der Waals surface area contributed by atoms with Crippen LogP contribution in [-0.4, -0.2) is 70.9 Å². The second-order valence-electron chi connectivity index (χ2n) is 5.43. The summed E-state index contributed by atoms with van der Waals surface area (Å²) in [6.07, 6.45) is 0.987. The Hall–Kier alpha value is -0.880. The van der Waals surface area contributed by atoms with Crippen LogP contribution in [0, 0.1) is 0 Å². The van der Waals surface area contributed by atoms with Crippen LogP contribution in [0.1, 0.15) is 5.56 Å². The summed E-state index contributed by atoms with van der Waals surface area (Å²) in [5.74, 6) is 2.11. The molecule has 23 heavy (non-hydrogen) atoms. The lowest BCUT2D eigenvalue weighted by atomic mass is 10.1. The van der Waals surface area contributed by atoms with Gasteiger partial charge in [-0.3, -0.25) is 0 Å². The highest BCUT2D eigenvalue weighted by atomic mass is 35.5. The van der Waals surface area contributed by atoms with Crippen LogP contribution in [0.4, 0.5) is 0 Å². The van der Waals surface area contributed by atoms with Crippen LogP contribution in [0.2, 0.25) is 0 Å². The third kappa shape index (κ3) is 5.92. The van der Waals surface area contributed by atoms with E-state index in [0.717, 1.165) is 50.6 Å². The molecule has 1 saturated heterocycles. The summed E-state index contributed by atoms with van der Waals surface area (Å²) in [4.78, 5) is 4.87. The zero-order valence-corrected chi connectivity index (χ0v) is 16.0. The van der Waals surface area contributed by atoms with Gasteiger partial charge in [-0.2, -0.15) is 0 Å². The van der Waals surface area contributed by atoms with Crippen LogP contribution in [0.5, 0.6) is 17.2 Å². The molecule has 0 aromatic heterocycles. The van der Waals surface area contributed by atoms with E-state index in [9.17, 15) is 0 Å². The summed E-state index contributed by atoms with van der Waals surface area (Å²) < 4.78 is 16.2. The molecule has 1 fully saturated rings. The van der Waals surface area contributed by atoms with Gasteiger partial charge >= 0.3 is 0 Å². The Labute approximate surface area is 151 Å². The quantitative estimate of drug-likeness (QED) is 0.771. The van der Waals surface area contributed by atoms with E-state index in [1.807, 2.05) is 12.1 Å². The molecule has 0 N–H and O–H groups in total. The van der Waals surface area contributed by atoms with Gasteiger partial charge in [-0.25, -0.2) is 0 Å². The minimum absolute atomic E-state index is 0. The lowest BCUT2D eigenvalue weighted by Crippen LogP contribution is -2.45. The molecule has 5 nitrogen and oxygen atoms in total. The van der Waals surface area contributed by atoms with Crippen molar-refractivity contribution in [2.45, 2.75) is 6.42 Å². The monoisotopic (exact) mass is 366 g/mol. The number of hydrogen-bond acceptors (Lipinski definition) is 5. The average Bonchev–Trinajstić information content (AvgIpc) is 2.53. The Morgan fingerprint density at radius 1 is 0.870 bits per heavy atom. The average molecular weight is 367 g/mol. The molecule has 2 rings (SSSR count). The van der Waals surface area contributed by atoms with Crippen molar-refractivity contribution >= 4 is 24.8 Å². The normalized spacial score (nSPS) is 15.3. The topological polar surface area (TPSA) is 34.2 Å². The van der Waals surface area contributed by atoms with Gasteiger partial charge in [-0.15, -0.1) is 24.8 Å². The molecule has 0 radical (unpaired) electrons. The van der Waals surface area contributed by atoms with Crippen LogP contribution >= 0.6 is 24.8 Å². The predicted octanol–water partition coefficient (Wildman–Crippen LogP) is 2.35. The maximum absolute atomic E-state index is 5.40. The zero-order chi connectivity index (χ0) is 15.2. The Balaban J connectivity index is 0.00000242. The number of benzene rings is 1. The van der Waals surface area contributed by atoms with E-state index in [1.54, 1.807) is 21.3 Å². The molecule has 0 atom stereocenters. The van der Waals surface area contributed by atoms with Crippen LogP contribution < -0.4 is 14.2 Å². The molecule has 1 aliphatic rings. The molecular formula is C16H28Cl2N2O3. The second kappa shape index (κ2) is 10.8. The van der Waals surface area contributed by atoms with Gasteiger partial charge in [-0.1, -0.05) is 0 Å². The number of likely N-dealkylation sites (N-methyl/N-ethyl adjacent to an activating group) is 1. The summed E-state index contributed by atoms with van der Waals surface area (Å²) in [5.41, 5.74) is 1.21. The Morgan fingerprint density at radius 3 is 1.83 bits per heavy atom. The number of rotatable bonds is 6. The molecular weight excluding hydrogens is 339 g/mol. The van der Waals surface area contributed by atoms with Gasteiger partial charge in [0.15, 0.2) is 11.5 Å². The second-order valence-corrected chi connectivity index (χ2v) is 5.43. The van der Waals surface area contributed by atoms with Crippen LogP contribution in [0.3, 0.4) is 0 Å². The van der Waals surface area contributed by atoms with Crippen LogP contribution in [-0.2, 0) is 6.42 Å². The van der Waals surface area contributed by atoms with Gasteiger partial charge < -0.3 is 24.0 Å². The summed E-state index contributed by atoms with van der Waals surface area (Å²) >= 11 is 0. The Kier molecular flexibility index (Phi) is 10.4. The fourth-order valence-corrected chi connectivity index (χ4v) is 2.64. The molecule has 0 unspecified atom stereocenters. The van der Waals surface area contributed by atoms with Crippen molar-refractivity contribution in [3.8, 4) is 17.2 Å². The van der Waals surface area contributed by atoms with E-state index in [4.69, 9.17) is 14.2 Å². The van der Waals surface area contributed by atoms with Crippen molar-refractivity contribution < 1.29 is 14.2 Å². The first-order valence-corrected chi connectivity index (χ1v) is 7.37. The standard InChI is InChI=1S/C16H26N2O3.2ClH/c1-17-7-9-18(10-8-17)6-5-13-11-14(19-2)16(21-4)15(12-13)20-3;;/h11-12H,5-10H2,1-4H3;2*1H. The molecule has 0 amide bonds. The fraction of sp³-hybridized carbons (Fsp3) is 0.625. The van der Waals surface area contributed by atoms with Gasteiger partial charge in [0.05, 0.1) is 21.3 Å². The molecule has 1 heterocycles. The van der Waals surface area contributed by atoms with Crippen molar-refractivity contribution in [1.82, 2.24) is 9.80 Å². The maximum atomic E-state index is 5.40. The fourth-order valence-electron chi connectivity index (χ4n) is 2.64. The van der Waals surface area contributed by atoms with Gasteiger partial charge in [-0.05, 0) is 31.2 Å². The summed E-state index contributed by atoms with van der Waals surface area (Å²) in [7, 11) is 7.11. The highest BCUT2D eigenvalue weighted by Crippen LogP contribution is 2.38. The number of ether oxygens (including phenoxy) is 3. The van der Waals surface area contributed by atoms with Crippen molar-refractivity contribution in [2.75, 3.05) is 61.1 Å². The van der Waals surface area contributed by atoms with Gasteiger partial charge in [0.2, 0.25) is 5.75 Å². The van der Waals surface area contributed by atoms with Gasteiger partial charge in [0.1, 0.15) is 0 Å². The van der Waals surface area contributed by atoms with Gasteiger partial charge in [0, 0.05) is 32.7 Å². The third-order valence-electron chi connectivity index (χ3n) is 4.04. The van der Waals surface area contributed by atoms with Crippen molar-refractivity contribution in [3.63, 3.8) is 0 Å². The van der Waals surface area contributed by atoms with Crippen molar-refractivity contribution in [3.05, 3.63) is 17.7 Å². The molecule has 1 aromatic carbocycles. The van der Waals surface area contributed by atoms with Crippen molar-refractivity contribution in [2.24, 2.45) is 0 Å². The van der Waals surface area contributed by atoms with E-state index >= 15 is 0 Å². The molecule has 1 aromatic rings. The number of halogens is 2. The highest BCUT2D eigenvalue weighted by molar-refractivity contribution is 5.85. The van der Waals surface area contributed by atoms with Gasteiger partial charge in [0.25, 0.3) is 0 Å². The molecule has 1 aliphatic heterocycles. The Bertz CT molecular complexity index is 442. The van der Waals surface area contributed by atoms with E-state index < -0.39 is 0 Å². The molecule has 0 bridgehead atoms. The molecule has 0 saturated carbocycles. The van der Waals surface area contributed by atoms with E-state index in [2.05, 4.69) is 16.8 Å². The molecule has 7 heteroatoms. The number of nitrogens with zero attached hydrogens (tertiary/aromatic N) is 2.